The second-order valence-corrected chi connectivity index (χ2v) is 5.00. The first-order valence-corrected chi connectivity index (χ1v) is 6.60. The van der Waals surface area contributed by atoms with Crippen LogP contribution in [0.5, 0.6) is 0 Å². The van der Waals surface area contributed by atoms with E-state index in [1.54, 1.807) is 0 Å². The number of likely N-dealkylation sites (N-methyl/N-ethyl adjacent to an activating group) is 1. The van der Waals surface area contributed by atoms with Crippen LogP contribution in [-0.2, 0) is 0 Å². The van der Waals surface area contributed by atoms with Gasteiger partial charge < -0.3 is 5.32 Å². The van der Waals surface area contributed by atoms with E-state index in [1.807, 2.05) is 12.3 Å². The Morgan fingerprint density at radius 1 is 1.28 bits per heavy atom. The Hall–Kier alpha value is -1.45. The van der Waals surface area contributed by atoms with Crippen LogP contribution in [0.15, 0.2) is 36.5 Å². The van der Waals surface area contributed by atoms with Gasteiger partial charge in [0.25, 0.3) is 0 Å². The average molecular weight is 241 g/mol. The number of aromatic nitrogens is 1. The van der Waals surface area contributed by atoms with Gasteiger partial charge in [-0.15, -0.1) is 0 Å². The Morgan fingerprint density at radius 2 is 2.17 bits per heavy atom. The zero-order chi connectivity index (χ0) is 12.4. The van der Waals surface area contributed by atoms with Crippen molar-refractivity contribution in [2.24, 2.45) is 0 Å². The molecule has 3 heteroatoms. The van der Waals surface area contributed by atoms with Crippen molar-refractivity contribution in [1.29, 1.82) is 0 Å². The van der Waals surface area contributed by atoms with Crippen molar-refractivity contribution < 1.29 is 0 Å². The van der Waals surface area contributed by atoms with Crippen molar-refractivity contribution in [3.8, 4) is 0 Å². The van der Waals surface area contributed by atoms with E-state index in [0.29, 0.717) is 6.04 Å². The zero-order valence-corrected chi connectivity index (χ0v) is 10.8. The fraction of sp³-hybridized carbons (Fsp3) is 0.400. The van der Waals surface area contributed by atoms with Crippen molar-refractivity contribution in [1.82, 2.24) is 15.2 Å². The molecule has 1 aliphatic rings. The third-order valence-corrected chi connectivity index (χ3v) is 3.76. The van der Waals surface area contributed by atoms with Gasteiger partial charge in [0.1, 0.15) is 0 Å². The summed E-state index contributed by atoms with van der Waals surface area (Å²) in [6.07, 6.45) is 3.19. The van der Waals surface area contributed by atoms with E-state index in [0.717, 1.165) is 31.6 Å². The number of fused-ring (bicyclic) bond motifs is 1. The number of nitrogens with one attached hydrogen (secondary N) is 1. The largest absolute Gasteiger partial charge is 0.315 e. The minimum Gasteiger partial charge on any atom is -0.315 e. The highest BCUT2D eigenvalue weighted by atomic mass is 15.2. The lowest BCUT2D eigenvalue weighted by molar-refractivity contribution is 0.258. The fourth-order valence-electron chi connectivity index (χ4n) is 2.69. The smallest absolute Gasteiger partial charge is 0.0702 e. The molecule has 1 aromatic heterocycles. The average Bonchev–Trinajstić information content (AvgIpc) is 2.63. The molecule has 1 aliphatic heterocycles. The second-order valence-electron chi connectivity index (χ2n) is 5.00. The van der Waals surface area contributed by atoms with Crippen LogP contribution in [0.1, 0.15) is 18.0 Å². The number of nitrogens with zero attached hydrogens (tertiary/aromatic N) is 2. The van der Waals surface area contributed by atoms with Gasteiger partial charge in [0, 0.05) is 30.7 Å². The van der Waals surface area contributed by atoms with E-state index in [9.17, 15) is 0 Å². The second kappa shape index (κ2) is 5.04. The maximum atomic E-state index is 4.57. The van der Waals surface area contributed by atoms with Gasteiger partial charge in [0.05, 0.1) is 5.52 Å². The van der Waals surface area contributed by atoms with Crippen molar-refractivity contribution in [2.45, 2.75) is 12.5 Å². The van der Waals surface area contributed by atoms with Crippen LogP contribution in [0.4, 0.5) is 0 Å². The van der Waals surface area contributed by atoms with E-state index >= 15 is 0 Å². The quantitative estimate of drug-likeness (QED) is 0.829. The molecule has 1 fully saturated rings. The minimum atomic E-state index is 0.483. The van der Waals surface area contributed by atoms with Crippen LogP contribution >= 0.6 is 0 Å². The molecule has 94 valence electrons. The summed E-state index contributed by atoms with van der Waals surface area (Å²) in [5.41, 5.74) is 2.41. The number of benzene rings is 1. The molecule has 1 aromatic carbocycles. The Bertz CT molecular complexity index is 538. The van der Waals surface area contributed by atoms with Crippen LogP contribution in [0.25, 0.3) is 10.9 Å². The molecular formula is C15H19N3. The van der Waals surface area contributed by atoms with Gasteiger partial charge in [-0.05, 0) is 37.7 Å². The Morgan fingerprint density at radius 3 is 3.11 bits per heavy atom. The Balaban J connectivity index is 1.97. The summed E-state index contributed by atoms with van der Waals surface area (Å²) in [7, 11) is 2.20. The van der Waals surface area contributed by atoms with E-state index in [1.165, 1.54) is 10.9 Å². The highest BCUT2D eigenvalue weighted by molar-refractivity contribution is 5.78. The SMILES string of the molecule is CN1CCNCCC1c1cnc2ccccc2c1. The molecule has 2 aromatic rings. The zero-order valence-electron chi connectivity index (χ0n) is 10.8. The maximum absolute atomic E-state index is 4.57. The first-order chi connectivity index (χ1) is 8.84. The van der Waals surface area contributed by atoms with E-state index in [-0.39, 0.29) is 0 Å². The van der Waals surface area contributed by atoms with Gasteiger partial charge in [0.15, 0.2) is 0 Å². The summed E-state index contributed by atoms with van der Waals surface area (Å²) in [6, 6.07) is 11.1. The summed E-state index contributed by atoms with van der Waals surface area (Å²) < 4.78 is 0. The molecular weight excluding hydrogens is 222 g/mol. The first-order valence-electron chi connectivity index (χ1n) is 6.60. The molecule has 1 unspecified atom stereocenters. The molecule has 3 nitrogen and oxygen atoms in total. The van der Waals surface area contributed by atoms with Crippen LogP contribution in [0.3, 0.4) is 0 Å². The van der Waals surface area contributed by atoms with Crippen LogP contribution in [0.2, 0.25) is 0 Å². The number of hydrogen-bond acceptors (Lipinski definition) is 3. The predicted octanol–water partition coefficient (Wildman–Crippen LogP) is 2.20. The molecule has 0 saturated carbocycles. The lowest BCUT2D eigenvalue weighted by Gasteiger charge is -2.25. The summed E-state index contributed by atoms with van der Waals surface area (Å²) in [6.45, 7) is 3.26. The first kappa shape index (κ1) is 11.6. The molecule has 0 bridgehead atoms. The molecule has 0 amide bonds. The minimum absolute atomic E-state index is 0.483. The summed E-state index contributed by atoms with van der Waals surface area (Å²) in [4.78, 5) is 7.00. The molecule has 0 radical (unpaired) electrons. The number of rotatable bonds is 1. The standard InChI is InChI=1S/C15H19N3/c1-18-9-8-16-7-6-15(18)13-10-12-4-2-3-5-14(12)17-11-13/h2-5,10-11,15-16H,6-9H2,1H3. The Kier molecular flexibility index (Phi) is 3.26. The van der Waals surface area contributed by atoms with Gasteiger partial charge in [-0.3, -0.25) is 9.88 Å². The topological polar surface area (TPSA) is 28.2 Å². The maximum Gasteiger partial charge on any atom is 0.0702 e. The van der Waals surface area contributed by atoms with E-state index < -0.39 is 0 Å². The van der Waals surface area contributed by atoms with Gasteiger partial charge in [-0.1, -0.05) is 18.2 Å². The Labute approximate surface area is 108 Å². The highest BCUT2D eigenvalue weighted by Crippen LogP contribution is 2.25. The van der Waals surface area contributed by atoms with Crippen LogP contribution in [0, 0.1) is 0 Å². The van der Waals surface area contributed by atoms with Crippen LogP contribution in [-0.4, -0.2) is 36.6 Å². The summed E-state index contributed by atoms with van der Waals surface area (Å²) >= 11 is 0. The number of pyridine rings is 1. The fourth-order valence-corrected chi connectivity index (χ4v) is 2.69. The monoisotopic (exact) mass is 241 g/mol. The van der Waals surface area contributed by atoms with Crippen molar-refractivity contribution in [3.63, 3.8) is 0 Å². The predicted molar refractivity (Wildman–Crippen MR) is 74.6 cm³/mol. The molecule has 18 heavy (non-hydrogen) atoms. The normalized spacial score (nSPS) is 21.9. The summed E-state index contributed by atoms with van der Waals surface area (Å²) in [5.74, 6) is 0. The van der Waals surface area contributed by atoms with Gasteiger partial charge in [-0.2, -0.15) is 0 Å². The highest BCUT2D eigenvalue weighted by Gasteiger charge is 2.19. The third-order valence-electron chi connectivity index (χ3n) is 3.76. The molecule has 0 aliphatic carbocycles. The lowest BCUT2D eigenvalue weighted by atomic mass is 10.0. The van der Waals surface area contributed by atoms with Gasteiger partial charge in [0.2, 0.25) is 0 Å². The van der Waals surface area contributed by atoms with E-state index in [4.69, 9.17) is 0 Å². The molecule has 2 heterocycles. The lowest BCUT2D eigenvalue weighted by Crippen LogP contribution is -2.26. The third kappa shape index (κ3) is 2.24. The van der Waals surface area contributed by atoms with Gasteiger partial charge >= 0.3 is 0 Å². The summed E-state index contributed by atoms with van der Waals surface area (Å²) in [5, 5.41) is 4.69. The molecule has 1 N–H and O–H groups in total. The van der Waals surface area contributed by atoms with Gasteiger partial charge in [-0.25, -0.2) is 0 Å². The van der Waals surface area contributed by atoms with Crippen molar-refractivity contribution >= 4 is 10.9 Å². The van der Waals surface area contributed by atoms with E-state index in [2.05, 4.69) is 46.5 Å². The number of hydrogen-bond donors (Lipinski definition) is 1. The van der Waals surface area contributed by atoms with Crippen molar-refractivity contribution in [2.75, 3.05) is 26.7 Å². The molecule has 1 atom stereocenters. The van der Waals surface area contributed by atoms with Crippen molar-refractivity contribution in [3.05, 3.63) is 42.1 Å². The molecule has 1 saturated heterocycles. The number of para-hydroxylation sites is 1. The molecule has 0 spiro atoms. The molecule has 3 rings (SSSR count). The van der Waals surface area contributed by atoms with Crippen LogP contribution < -0.4 is 5.32 Å².